The van der Waals surface area contributed by atoms with E-state index in [1.165, 1.54) is 0 Å². The number of aliphatic hydroxyl groups is 2. The van der Waals surface area contributed by atoms with Crippen LogP contribution in [0.3, 0.4) is 0 Å². The summed E-state index contributed by atoms with van der Waals surface area (Å²) in [4.78, 5) is 30.7. The Morgan fingerprint density at radius 3 is 2.60 bits per heavy atom. The number of aromatic nitrogens is 1. The summed E-state index contributed by atoms with van der Waals surface area (Å²) in [5, 5.41) is 24.9. The lowest BCUT2D eigenvalue weighted by molar-refractivity contribution is -0.116. The van der Waals surface area contributed by atoms with Crippen LogP contribution >= 0.6 is 0 Å². The predicted octanol–water partition coefficient (Wildman–Crippen LogP) is 4.93. The largest absolute Gasteiger partial charge is 0.511 e. The van der Waals surface area contributed by atoms with E-state index in [1.807, 2.05) is 51.1 Å². The van der Waals surface area contributed by atoms with E-state index in [0.717, 1.165) is 5.56 Å². The second-order valence-corrected chi connectivity index (χ2v) is 10.4. The summed E-state index contributed by atoms with van der Waals surface area (Å²) in [6.07, 6.45) is 2.94. The Labute approximate surface area is 205 Å². The number of hydrogen-bond donors (Lipinski definition) is 2. The van der Waals surface area contributed by atoms with Gasteiger partial charge in [-0.1, -0.05) is 56.3 Å². The predicted molar refractivity (Wildman–Crippen MR) is 133 cm³/mol. The molecule has 1 aromatic carbocycles. The topological polar surface area (TPSA) is 113 Å². The van der Waals surface area contributed by atoms with Gasteiger partial charge in [-0.25, -0.2) is 0 Å². The first-order valence-corrected chi connectivity index (χ1v) is 12.4. The number of aliphatic imine (C=N–C) groups is 1. The van der Waals surface area contributed by atoms with Crippen LogP contribution in [0.25, 0.3) is 0 Å². The van der Waals surface area contributed by atoms with Crippen LogP contribution in [0.4, 0.5) is 0 Å². The molecule has 2 N–H and O–H groups in total. The quantitative estimate of drug-likeness (QED) is 0.431. The van der Waals surface area contributed by atoms with Crippen LogP contribution in [0.5, 0.6) is 0 Å². The van der Waals surface area contributed by atoms with Crippen molar-refractivity contribution in [3.05, 3.63) is 64.2 Å². The number of aliphatic hydroxyl groups excluding tert-OH is 2. The van der Waals surface area contributed by atoms with E-state index in [2.05, 4.69) is 10.1 Å². The molecule has 4 rings (SSSR count). The minimum absolute atomic E-state index is 0.00933. The Morgan fingerprint density at radius 2 is 1.91 bits per heavy atom. The Hall–Kier alpha value is -3.06. The molecule has 1 saturated carbocycles. The van der Waals surface area contributed by atoms with Crippen LogP contribution in [0, 0.1) is 5.41 Å². The van der Waals surface area contributed by atoms with Crippen molar-refractivity contribution in [2.45, 2.75) is 77.7 Å². The summed E-state index contributed by atoms with van der Waals surface area (Å²) < 4.78 is 5.47. The van der Waals surface area contributed by atoms with Crippen molar-refractivity contribution in [1.82, 2.24) is 5.16 Å². The zero-order valence-electron chi connectivity index (χ0n) is 20.7. The summed E-state index contributed by atoms with van der Waals surface area (Å²) in [5.41, 5.74) is 2.73. The van der Waals surface area contributed by atoms with E-state index in [1.54, 1.807) is 0 Å². The molecule has 2 aliphatic carbocycles. The highest BCUT2D eigenvalue weighted by Crippen LogP contribution is 2.37. The number of carbonyl (C=O) groups excluding carboxylic acids is 2. The van der Waals surface area contributed by atoms with E-state index < -0.39 is 0 Å². The molecule has 35 heavy (non-hydrogen) atoms. The third kappa shape index (κ3) is 5.45. The highest BCUT2D eigenvalue weighted by atomic mass is 16.5. The van der Waals surface area contributed by atoms with Crippen molar-refractivity contribution in [1.29, 1.82) is 0 Å². The number of fused-ring (bicyclic) bond motifs is 1. The van der Waals surface area contributed by atoms with Gasteiger partial charge in [-0.3, -0.25) is 14.6 Å². The molecule has 2 unspecified atom stereocenters. The second-order valence-electron chi connectivity index (χ2n) is 10.4. The lowest BCUT2D eigenvalue weighted by Crippen LogP contribution is -2.28. The van der Waals surface area contributed by atoms with Gasteiger partial charge in [0.05, 0.1) is 35.2 Å². The molecule has 1 heterocycles. The molecule has 1 aromatic heterocycles. The van der Waals surface area contributed by atoms with Crippen LogP contribution in [-0.2, 0) is 17.6 Å². The maximum Gasteiger partial charge on any atom is 0.168 e. The number of allylic oxidation sites excluding steroid dienone is 2. The number of Topliss-reactive ketones (excluding diaryl/α,β-unsaturated/α-hetero) is 2. The SMILES string of the molecule is CCC(CO)N=C1CC(c2ccccc2)CC(=O)/C1=C(/O)CCc1noc2c1C(=O)CC(C)(C)C2. The lowest BCUT2D eigenvalue weighted by atomic mass is 9.76. The van der Waals surface area contributed by atoms with Crippen LogP contribution in [0.15, 0.2) is 51.2 Å². The van der Waals surface area contributed by atoms with Crippen molar-refractivity contribution < 1.29 is 24.3 Å². The molecule has 0 saturated heterocycles. The molecule has 0 bridgehead atoms. The van der Waals surface area contributed by atoms with Crippen LogP contribution in [0.2, 0.25) is 0 Å². The average Bonchev–Trinajstić information content (AvgIpc) is 3.23. The summed E-state index contributed by atoms with van der Waals surface area (Å²) in [7, 11) is 0. The minimum Gasteiger partial charge on any atom is -0.511 e. The van der Waals surface area contributed by atoms with Gasteiger partial charge in [0, 0.05) is 32.1 Å². The number of carbonyl (C=O) groups is 2. The third-order valence-corrected chi connectivity index (χ3v) is 7.01. The van der Waals surface area contributed by atoms with E-state index in [-0.39, 0.29) is 59.7 Å². The zero-order valence-corrected chi connectivity index (χ0v) is 20.7. The Kier molecular flexibility index (Phi) is 7.36. The normalized spacial score (nSPS) is 23.3. The number of rotatable bonds is 7. The molecule has 7 heteroatoms. The van der Waals surface area contributed by atoms with Crippen molar-refractivity contribution in [2.24, 2.45) is 10.4 Å². The number of hydrogen-bond acceptors (Lipinski definition) is 7. The van der Waals surface area contributed by atoms with Gasteiger partial charge in [-0.15, -0.1) is 0 Å². The second kappa shape index (κ2) is 10.3. The molecular formula is C28H34N2O5. The molecule has 2 aromatic rings. The smallest absolute Gasteiger partial charge is 0.168 e. The summed E-state index contributed by atoms with van der Waals surface area (Å²) >= 11 is 0. The first kappa shape index (κ1) is 25.0. The van der Waals surface area contributed by atoms with Gasteiger partial charge < -0.3 is 14.7 Å². The molecule has 0 aliphatic heterocycles. The van der Waals surface area contributed by atoms with E-state index in [4.69, 9.17) is 4.52 Å². The van der Waals surface area contributed by atoms with E-state index in [0.29, 0.717) is 54.8 Å². The molecule has 0 spiro atoms. The highest BCUT2D eigenvalue weighted by molar-refractivity contribution is 6.24. The Balaban J connectivity index is 1.60. The van der Waals surface area contributed by atoms with Gasteiger partial charge in [-0.05, 0) is 29.7 Å². The van der Waals surface area contributed by atoms with E-state index >= 15 is 0 Å². The number of nitrogens with zero attached hydrogens (tertiary/aromatic N) is 2. The van der Waals surface area contributed by atoms with Gasteiger partial charge in [-0.2, -0.15) is 0 Å². The molecular weight excluding hydrogens is 444 g/mol. The molecule has 2 atom stereocenters. The van der Waals surface area contributed by atoms with Gasteiger partial charge in [0.2, 0.25) is 0 Å². The first-order valence-electron chi connectivity index (χ1n) is 12.4. The monoisotopic (exact) mass is 478 g/mol. The van der Waals surface area contributed by atoms with Crippen molar-refractivity contribution in [2.75, 3.05) is 6.61 Å². The summed E-state index contributed by atoms with van der Waals surface area (Å²) in [6, 6.07) is 9.50. The molecule has 1 fully saturated rings. The van der Waals surface area contributed by atoms with E-state index in [9.17, 15) is 19.8 Å². The van der Waals surface area contributed by atoms with Gasteiger partial charge in [0.1, 0.15) is 11.5 Å². The standard InChI is InChI=1S/C28H34N2O5/c1-4-19(16-31)29-21-12-18(17-8-6-5-7-9-17)13-23(33)26(21)22(32)11-10-20-27-24(34)14-28(2,3)15-25(27)35-30-20/h5-9,18-19,31-32H,4,10-16H2,1-3H3/b26-22+,29-21?. The van der Waals surface area contributed by atoms with Crippen LogP contribution < -0.4 is 0 Å². The fraction of sp³-hybridized carbons (Fsp3) is 0.500. The van der Waals surface area contributed by atoms with Crippen LogP contribution in [0.1, 0.15) is 86.2 Å². The van der Waals surface area contributed by atoms with Gasteiger partial charge in [0.15, 0.2) is 11.6 Å². The van der Waals surface area contributed by atoms with Crippen LogP contribution in [-0.4, -0.2) is 45.3 Å². The Morgan fingerprint density at radius 1 is 1.17 bits per heavy atom. The fourth-order valence-electron chi connectivity index (χ4n) is 5.13. The molecule has 7 nitrogen and oxygen atoms in total. The number of ketones is 2. The number of benzene rings is 1. The maximum absolute atomic E-state index is 13.3. The van der Waals surface area contributed by atoms with Crippen molar-refractivity contribution >= 4 is 17.3 Å². The maximum atomic E-state index is 13.3. The number of aryl methyl sites for hydroxylation is 1. The molecule has 0 radical (unpaired) electrons. The fourth-order valence-corrected chi connectivity index (χ4v) is 5.13. The van der Waals surface area contributed by atoms with Gasteiger partial charge >= 0.3 is 0 Å². The minimum atomic E-state index is -0.335. The van der Waals surface area contributed by atoms with Crippen molar-refractivity contribution in [3.8, 4) is 0 Å². The first-order chi connectivity index (χ1) is 16.7. The summed E-state index contributed by atoms with van der Waals surface area (Å²) in [6.45, 7) is 5.86. The highest BCUT2D eigenvalue weighted by Gasteiger charge is 2.37. The lowest BCUT2D eigenvalue weighted by Gasteiger charge is -2.27. The third-order valence-electron chi connectivity index (χ3n) is 7.01. The van der Waals surface area contributed by atoms with Gasteiger partial charge in [0.25, 0.3) is 0 Å². The Bertz CT molecular complexity index is 1160. The van der Waals surface area contributed by atoms with Crippen molar-refractivity contribution in [3.63, 3.8) is 0 Å². The molecule has 186 valence electrons. The average molecular weight is 479 g/mol. The zero-order chi connectivity index (χ0) is 25.2. The molecule has 0 amide bonds. The summed E-state index contributed by atoms with van der Waals surface area (Å²) in [5.74, 6) is 0.375. The molecule has 2 aliphatic rings.